The van der Waals surface area contributed by atoms with Gasteiger partial charge in [-0.25, -0.2) is 4.98 Å². The Bertz CT molecular complexity index is 1630. The molecule has 1 fully saturated rings. The van der Waals surface area contributed by atoms with E-state index in [1.807, 2.05) is 72.8 Å². The molecule has 9 nitrogen and oxygen atoms in total. The first-order chi connectivity index (χ1) is 22.8. The number of benzene rings is 3. The number of rotatable bonds is 15. The van der Waals surface area contributed by atoms with Crippen LogP contribution in [-0.4, -0.2) is 37.7 Å². The number of halogens is 2. The first kappa shape index (κ1) is 34.6. The van der Waals surface area contributed by atoms with Gasteiger partial charge in [-0.15, -0.1) is 0 Å². The van der Waals surface area contributed by atoms with E-state index < -0.39 is 12.3 Å². The number of aliphatic hydroxyl groups is 1. The Hall–Kier alpha value is -3.73. The van der Waals surface area contributed by atoms with Crippen molar-refractivity contribution in [2.45, 2.75) is 83.1 Å². The summed E-state index contributed by atoms with van der Waals surface area (Å²) in [7, 11) is 0. The molecular formula is C36H39Cl2N3O6. The second kappa shape index (κ2) is 16.9. The number of carboxylic acids is 1. The standard InChI is InChI=1S/C36H39Cl2N3O6/c37-34-35(38)41(23-40-34)21-29-19-31(26-13-11-24(22-42)12-14-26)47-36(46-29)27-17-15-25(16-18-27)30-8-6-5-7-28(30)20-39-32(43)9-3-1-2-4-10-33(44)45/h5-8,11-18,23,29,31,36,42H,1-4,9-10,19-22H2,(H,39,43)(H,44,45)/t29-,31+,36+/m0/s1. The van der Waals surface area contributed by atoms with Gasteiger partial charge in [-0.05, 0) is 40.7 Å². The van der Waals surface area contributed by atoms with Crippen molar-refractivity contribution in [3.63, 3.8) is 0 Å². The minimum atomic E-state index is -0.783. The van der Waals surface area contributed by atoms with Gasteiger partial charge in [0.05, 0.1) is 31.7 Å². The van der Waals surface area contributed by atoms with Gasteiger partial charge in [-0.3, -0.25) is 9.59 Å². The molecule has 248 valence electrons. The molecule has 1 aliphatic heterocycles. The zero-order chi connectivity index (χ0) is 33.2. The van der Waals surface area contributed by atoms with E-state index in [9.17, 15) is 14.7 Å². The fourth-order valence-corrected chi connectivity index (χ4v) is 6.01. The third-order valence-electron chi connectivity index (χ3n) is 8.28. The van der Waals surface area contributed by atoms with E-state index in [0.29, 0.717) is 37.5 Å². The van der Waals surface area contributed by atoms with E-state index in [1.165, 1.54) is 0 Å². The van der Waals surface area contributed by atoms with Gasteiger partial charge in [-0.1, -0.05) is 109 Å². The van der Waals surface area contributed by atoms with Crippen molar-refractivity contribution in [3.05, 3.63) is 112 Å². The Morgan fingerprint density at radius 3 is 2.28 bits per heavy atom. The van der Waals surface area contributed by atoms with E-state index >= 15 is 0 Å². The summed E-state index contributed by atoms with van der Waals surface area (Å²) in [6.07, 6.45) is 4.65. The highest BCUT2D eigenvalue weighted by atomic mass is 35.5. The van der Waals surface area contributed by atoms with Gasteiger partial charge in [-0.2, -0.15) is 0 Å². The number of aromatic nitrogens is 2. The summed E-state index contributed by atoms with van der Waals surface area (Å²) < 4.78 is 14.7. The summed E-state index contributed by atoms with van der Waals surface area (Å²) in [6.45, 7) is 0.828. The lowest BCUT2D eigenvalue weighted by atomic mass is 9.97. The van der Waals surface area contributed by atoms with Crippen LogP contribution >= 0.6 is 23.2 Å². The van der Waals surface area contributed by atoms with E-state index in [1.54, 1.807) is 10.9 Å². The van der Waals surface area contributed by atoms with Crippen LogP contribution in [0.5, 0.6) is 0 Å². The zero-order valence-corrected chi connectivity index (χ0v) is 27.5. The Balaban J connectivity index is 1.25. The van der Waals surface area contributed by atoms with Crippen LogP contribution in [0.15, 0.2) is 79.1 Å². The third kappa shape index (κ3) is 9.65. The van der Waals surface area contributed by atoms with Crippen molar-refractivity contribution in [3.8, 4) is 11.1 Å². The van der Waals surface area contributed by atoms with Crippen LogP contribution in [0.25, 0.3) is 11.1 Å². The molecule has 0 bridgehead atoms. The van der Waals surface area contributed by atoms with Crippen LogP contribution in [-0.2, 0) is 38.8 Å². The summed E-state index contributed by atoms with van der Waals surface area (Å²) in [4.78, 5) is 27.2. The average molecular weight is 681 g/mol. The van der Waals surface area contributed by atoms with Crippen LogP contribution < -0.4 is 5.32 Å². The predicted molar refractivity (Wildman–Crippen MR) is 180 cm³/mol. The second-order valence-electron chi connectivity index (χ2n) is 11.7. The smallest absolute Gasteiger partial charge is 0.303 e. The highest BCUT2D eigenvalue weighted by Crippen LogP contribution is 2.39. The average Bonchev–Trinajstić information content (AvgIpc) is 3.41. The summed E-state index contributed by atoms with van der Waals surface area (Å²) in [5.74, 6) is -0.802. The molecule has 1 saturated heterocycles. The number of nitrogens with one attached hydrogen (secondary N) is 1. The van der Waals surface area contributed by atoms with Crippen LogP contribution in [0.1, 0.15) is 79.6 Å². The zero-order valence-electron chi connectivity index (χ0n) is 26.0. The number of carbonyl (C=O) groups excluding carboxylic acids is 1. The first-order valence-corrected chi connectivity index (χ1v) is 16.6. The number of aliphatic hydroxyl groups excluding tert-OH is 1. The summed E-state index contributed by atoms with van der Waals surface area (Å²) in [6, 6.07) is 23.8. The van der Waals surface area contributed by atoms with Crippen molar-refractivity contribution in [1.82, 2.24) is 14.9 Å². The van der Waals surface area contributed by atoms with Crippen molar-refractivity contribution < 1.29 is 29.3 Å². The van der Waals surface area contributed by atoms with Crippen molar-refractivity contribution in [1.29, 1.82) is 0 Å². The van der Waals surface area contributed by atoms with Gasteiger partial charge in [0, 0.05) is 31.4 Å². The molecule has 47 heavy (non-hydrogen) atoms. The molecule has 1 aliphatic rings. The van der Waals surface area contributed by atoms with Gasteiger partial charge in [0.2, 0.25) is 5.91 Å². The number of aliphatic carboxylic acids is 1. The normalized spacial score (nSPS) is 17.8. The van der Waals surface area contributed by atoms with E-state index in [0.717, 1.165) is 52.6 Å². The van der Waals surface area contributed by atoms with Gasteiger partial charge in [0.1, 0.15) is 5.15 Å². The lowest BCUT2D eigenvalue weighted by molar-refractivity contribution is -0.252. The predicted octanol–water partition coefficient (Wildman–Crippen LogP) is 7.64. The van der Waals surface area contributed by atoms with E-state index in [2.05, 4.69) is 10.3 Å². The molecule has 1 aromatic heterocycles. The van der Waals surface area contributed by atoms with Crippen LogP contribution in [0.3, 0.4) is 0 Å². The molecule has 5 rings (SSSR count). The molecule has 3 N–H and O–H groups in total. The number of unbranched alkanes of at least 4 members (excludes halogenated alkanes) is 3. The SMILES string of the molecule is O=C(O)CCCCCCC(=O)NCc1ccccc1-c1ccc([C@@H]2O[C@H](Cn3cnc(Cl)c3Cl)C[C@H](c3ccc(CO)cc3)O2)cc1. The number of carboxylic acid groups (broad SMARTS) is 1. The molecule has 0 radical (unpaired) electrons. The Morgan fingerprint density at radius 2 is 1.60 bits per heavy atom. The molecule has 4 aromatic rings. The molecule has 2 heterocycles. The molecular weight excluding hydrogens is 641 g/mol. The Labute approximate surface area is 284 Å². The Morgan fingerprint density at radius 1 is 0.894 bits per heavy atom. The van der Waals surface area contributed by atoms with Crippen LogP contribution in [0, 0.1) is 0 Å². The van der Waals surface area contributed by atoms with E-state index in [-0.39, 0.29) is 36.3 Å². The number of nitrogens with zero attached hydrogens (tertiary/aromatic N) is 2. The first-order valence-electron chi connectivity index (χ1n) is 15.8. The summed E-state index contributed by atoms with van der Waals surface area (Å²) >= 11 is 12.5. The summed E-state index contributed by atoms with van der Waals surface area (Å²) in [5.41, 5.74) is 5.70. The van der Waals surface area contributed by atoms with Gasteiger partial charge < -0.3 is 29.6 Å². The van der Waals surface area contributed by atoms with Gasteiger partial charge in [0.25, 0.3) is 0 Å². The quantitative estimate of drug-likeness (QED) is 0.110. The molecule has 1 amide bonds. The maximum Gasteiger partial charge on any atom is 0.303 e. The number of imidazole rings is 1. The van der Waals surface area contributed by atoms with Crippen molar-refractivity contribution in [2.24, 2.45) is 0 Å². The van der Waals surface area contributed by atoms with Crippen molar-refractivity contribution >= 4 is 35.1 Å². The molecule has 0 saturated carbocycles. The molecule has 11 heteroatoms. The molecule has 0 spiro atoms. The topological polar surface area (TPSA) is 123 Å². The molecule has 0 unspecified atom stereocenters. The maximum absolute atomic E-state index is 12.5. The summed E-state index contributed by atoms with van der Waals surface area (Å²) in [5, 5.41) is 21.9. The van der Waals surface area contributed by atoms with Crippen molar-refractivity contribution in [2.75, 3.05) is 0 Å². The monoisotopic (exact) mass is 679 g/mol. The number of hydrogen-bond acceptors (Lipinski definition) is 6. The fourth-order valence-electron chi connectivity index (χ4n) is 5.70. The minimum Gasteiger partial charge on any atom is -0.481 e. The highest BCUT2D eigenvalue weighted by Gasteiger charge is 2.33. The second-order valence-corrected chi connectivity index (χ2v) is 12.4. The number of ether oxygens (including phenoxy) is 2. The highest BCUT2D eigenvalue weighted by molar-refractivity contribution is 6.40. The van der Waals surface area contributed by atoms with Crippen LogP contribution in [0.4, 0.5) is 0 Å². The molecule has 3 atom stereocenters. The number of carbonyl (C=O) groups is 2. The fraction of sp³-hybridized carbons (Fsp3) is 0.361. The minimum absolute atomic E-state index is 0.0191. The third-order valence-corrected chi connectivity index (χ3v) is 9.05. The number of amides is 1. The van der Waals surface area contributed by atoms with Gasteiger partial charge >= 0.3 is 5.97 Å². The molecule has 3 aromatic carbocycles. The van der Waals surface area contributed by atoms with Gasteiger partial charge in [0.15, 0.2) is 11.4 Å². The Kier molecular flexibility index (Phi) is 12.4. The molecule has 0 aliphatic carbocycles. The van der Waals surface area contributed by atoms with Crippen LogP contribution in [0.2, 0.25) is 10.3 Å². The lowest BCUT2D eigenvalue weighted by Crippen LogP contribution is -2.32. The van der Waals surface area contributed by atoms with E-state index in [4.69, 9.17) is 37.8 Å². The maximum atomic E-state index is 12.5. The number of hydrogen-bond donors (Lipinski definition) is 3. The lowest BCUT2D eigenvalue weighted by Gasteiger charge is -2.36. The largest absolute Gasteiger partial charge is 0.481 e.